The number of hydrogen-bond acceptors (Lipinski definition) is 7. The summed E-state index contributed by atoms with van der Waals surface area (Å²) in [5.74, 6) is -0.203. The van der Waals surface area contributed by atoms with Gasteiger partial charge >= 0.3 is 0 Å². The van der Waals surface area contributed by atoms with Gasteiger partial charge in [-0.05, 0) is 18.9 Å². The van der Waals surface area contributed by atoms with Gasteiger partial charge < -0.3 is 5.32 Å². The summed E-state index contributed by atoms with van der Waals surface area (Å²) < 4.78 is 24.8. The molecule has 1 aromatic carbocycles. The number of benzene rings is 1. The molecule has 1 fully saturated rings. The average Bonchev–Trinajstić information content (AvgIpc) is 3.34. The van der Waals surface area contributed by atoms with Gasteiger partial charge in [-0.25, -0.2) is 13.4 Å². The number of fused-ring (bicyclic) bond motifs is 1. The van der Waals surface area contributed by atoms with E-state index in [0.29, 0.717) is 21.8 Å². The van der Waals surface area contributed by atoms with Gasteiger partial charge in [0.15, 0.2) is 15.0 Å². The van der Waals surface area contributed by atoms with Crippen LogP contribution in [-0.2, 0) is 21.2 Å². The number of aromatic nitrogens is 2. The van der Waals surface area contributed by atoms with Crippen LogP contribution in [0.2, 0.25) is 0 Å². The molecule has 0 bridgehead atoms. The summed E-state index contributed by atoms with van der Waals surface area (Å²) in [5.41, 5.74) is 1.61. The van der Waals surface area contributed by atoms with Crippen molar-refractivity contribution < 1.29 is 13.2 Å². The molecule has 3 aromatic rings. The van der Waals surface area contributed by atoms with Gasteiger partial charge in [-0.15, -0.1) is 17.9 Å². The maximum atomic E-state index is 13.4. The van der Waals surface area contributed by atoms with Crippen LogP contribution in [0.1, 0.15) is 13.3 Å². The number of thiophene rings is 1. The van der Waals surface area contributed by atoms with E-state index in [-0.39, 0.29) is 35.6 Å². The van der Waals surface area contributed by atoms with Crippen molar-refractivity contribution in [3.05, 3.63) is 58.7 Å². The van der Waals surface area contributed by atoms with Gasteiger partial charge in [-0.1, -0.05) is 48.2 Å². The van der Waals surface area contributed by atoms with Gasteiger partial charge in [-0.3, -0.25) is 14.2 Å². The summed E-state index contributed by atoms with van der Waals surface area (Å²) in [4.78, 5) is 31.4. The van der Waals surface area contributed by atoms with Crippen LogP contribution in [0.3, 0.4) is 0 Å². The maximum Gasteiger partial charge on any atom is 0.263 e. The van der Waals surface area contributed by atoms with Crippen molar-refractivity contribution in [3.63, 3.8) is 0 Å². The molecule has 1 aliphatic heterocycles. The van der Waals surface area contributed by atoms with Crippen molar-refractivity contribution in [2.75, 3.05) is 11.5 Å². The minimum Gasteiger partial charge on any atom is -0.351 e. The number of thioether (sulfide) groups is 1. The first-order valence-corrected chi connectivity index (χ1v) is 13.7. The molecule has 0 radical (unpaired) electrons. The predicted molar refractivity (Wildman–Crippen MR) is 130 cm³/mol. The fraction of sp³-hybridized carbons (Fsp3) is 0.318. The summed E-state index contributed by atoms with van der Waals surface area (Å²) in [6, 6.07) is 9.32. The van der Waals surface area contributed by atoms with E-state index < -0.39 is 15.1 Å². The van der Waals surface area contributed by atoms with Crippen molar-refractivity contribution in [2.24, 2.45) is 0 Å². The first kappa shape index (κ1) is 22.8. The molecule has 1 amide bonds. The molecule has 7 nitrogen and oxygen atoms in total. The van der Waals surface area contributed by atoms with Gasteiger partial charge in [-0.2, -0.15) is 0 Å². The van der Waals surface area contributed by atoms with Crippen LogP contribution in [-0.4, -0.2) is 46.7 Å². The number of carbonyl (C=O) groups excluding carboxylic acids is 1. The van der Waals surface area contributed by atoms with Crippen molar-refractivity contribution in [1.82, 2.24) is 14.9 Å². The fourth-order valence-corrected chi connectivity index (χ4v) is 7.24. The van der Waals surface area contributed by atoms with Gasteiger partial charge in [0.1, 0.15) is 4.83 Å². The van der Waals surface area contributed by atoms with Gasteiger partial charge in [0.05, 0.1) is 22.1 Å². The predicted octanol–water partition coefficient (Wildman–Crippen LogP) is 3.09. The Morgan fingerprint density at radius 3 is 2.81 bits per heavy atom. The van der Waals surface area contributed by atoms with Crippen molar-refractivity contribution in [2.45, 2.75) is 36.3 Å². The molecule has 0 spiro atoms. The van der Waals surface area contributed by atoms with Crippen molar-refractivity contribution in [1.29, 1.82) is 0 Å². The molecule has 1 saturated heterocycles. The maximum absolute atomic E-state index is 13.4. The molecule has 2 unspecified atom stereocenters. The second kappa shape index (κ2) is 9.21. The molecular formula is C22H23N3O4S3. The lowest BCUT2D eigenvalue weighted by Gasteiger charge is -2.17. The van der Waals surface area contributed by atoms with Crippen molar-refractivity contribution >= 4 is 49.1 Å². The zero-order valence-electron chi connectivity index (χ0n) is 17.5. The topological polar surface area (TPSA) is 98.1 Å². The first-order valence-electron chi connectivity index (χ1n) is 10.1. The van der Waals surface area contributed by atoms with E-state index in [1.54, 1.807) is 13.0 Å². The number of sulfone groups is 1. The third-order valence-corrected chi connectivity index (χ3v) is 9.02. The summed E-state index contributed by atoms with van der Waals surface area (Å²) >= 11 is 2.58. The zero-order valence-corrected chi connectivity index (χ0v) is 19.9. The average molecular weight is 490 g/mol. The lowest BCUT2D eigenvalue weighted by Crippen LogP contribution is -2.40. The van der Waals surface area contributed by atoms with E-state index in [4.69, 9.17) is 4.98 Å². The SMILES string of the molecule is C=CCn1c(SC(C)C(=O)NC2CCS(=O)(=O)C2)nc2scc(-c3ccccc3)c2c1=O. The third kappa shape index (κ3) is 4.67. The number of rotatable bonds is 7. The van der Waals surface area contributed by atoms with E-state index in [9.17, 15) is 18.0 Å². The normalized spacial score (nSPS) is 18.5. The molecule has 1 N–H and O–H groups in total. The van der Waals surface area contributed by atoms with E-state index in [1.165, 1.54) is 27.7 Å². The Balaban J connectivity index is 1.63. The lowest BCUT2D eigenvalue weighted by molar-refractivity contribution is -0.120. The van der Waals surface area contributed by atoms with Crippen LogP contribution in [0.5, 0.6) is 0 Å². The first-order chi connectivity index (χ1) is 15.3. The molecule has 32 heavy (non-hydrogen) atoms. The Morgan fingerprint density at radius 1 is 1.41 bits per heavy atom. The van der Waals surface area contributed by atoms with Crippen LogP contribution in [0.25, 0.3) is 21.3 Å². The Morgan fingerprint density at radius 2 is 2.16 bits per heavy atom. The highest BCUT2D eigenvalue weighted by molar-refractivity contribution is 8.00. The Bertz CT molecular complexity index is 1330. The number of allylic oxidation sites excluding steroid dienone is 1. The number of nitrogens with one attached hydrogen (secondary N) is 1. The second-order valence-electron chi connectivity index (χ2n) is 7.66. The molecule has 2 atom stereocenters. The monoisotopic (exact) mass is 489 g/mol. The molecule has 0 saturated carbocycles. The molecule has 1 aliphatic rings. The fourth-order valence-electron chi connectivity index (χ4n) is 3.65. The zero-order chi connectivity index (χ0) is 22.9. The van der Waals surface area contributed by atoms with Crippen LogP contribution in [0.15, 0.2) is 58.3 Å². The molecular weight excluding hydrogens is 466 g/mol. The molecule has 2 aromatic heterocycles. The summed E-state index contributed by atoms with van der Waals surface area (Å²) in [6.45, 7) is 5.74. The Kier molecular flexibility index (Phi) is 6.55. The highest BCUT2D eigenvalue weighted by atomic mass is 32.2. The quantitative estimate of drug-likeness (QED) is 0.311. The Hall–Kier alpha value is -2.43. The molecule has 4 rings (SSSR count). The van der Waals surface area contributed by atoms with Crippen LogP contribution >= 0.6 is 23.1 Å². The molecule has 10 heteroatoms. The number of nitrogens with zero attached hydrogens (tertiary/aromatic N) is 2. The Labute approximate surface area is 194 Å². The number of carbonyl (C=O) groups is 1. The van der Waals surface area contributed by atoms with E-state index in [2.05, 4.69) is 11.9 Å². The largest absolute Gasteiger partial charge is 0.351 e. The number of hydrogen-bond donors (Lipinski definition) is 1. The standard InChI is InChI=1S/C22H23N3O4S3/c1-3-10-25-21(27)18-17(15-7-5-4-6-8-15)12-30-20(18)24-22(25)31-14(2)19(26)23-16-9-11-32(28,29)13-16/h3-8,12,14,16H,1,9-11,13H2,2H3,(H,23,26). The van der Waals surface area contributed by atoms with Gasteiger partial charge in [0.2, 0.25) is 5.91 Å². The molecule has 0 aliphatic carbocycles. The highest BCUT2D eigenvalue weighted by Gasteiger charge is 2.30. The minimum absolute atomic E-state index is 0.0288. The highest BCUT2D eigenvalue weighted by Crippen LogP contribution is 2.33. The summed E-state index contributed by atoms with van der Waals surface area (Å²) in [5, 5.41) is 5.18. The summed E-state index contributed by atoms with van der Waals surface area (Å²) in [7, 11) is -3.08. The second-order valence-corrected chi connectivity index (χ2v) is 12.1. The number of amides is 1. The smallest absolute Gasteiger partial charge is 0.263 e. The molecule has 168 valence electrons. The minimum atomic E-state index is -3.08. The summed E-state index contributed by atoms with van der Waals surface area (Å²) in [6.07, 6.45) is 2.05. The molecule has 3 heterocycles. The van der Waals surface area contributed by atoms with Crippen LogP contribution in [0, 0.1) is 0 Å². The third-order valence-electron chi connectivity index (χ3n) is 5.29. The lowest BCUT2D eigenvalue weighted by atomic mass is 10.1. The van der Waals surface area contributed by atoms with Crippen molar-refractivity contribution in [3.8, 4) is 11.1 Å². The van der Waals surface area contributed by atoms with Gasteiger partial charge in [0.25, 0.3) is 5.56 Å². The van der Waals surface area contributed by atoms with E-state index >= 15 is 0 Å². The van der Waals surface area contributed by atoms with Crippen LogP contribution in [0.4, 0.5) is 0 Å². The van der Waals surface area contributed by atoms with E-state index in [1.807, 2.05) is 35.7 Å². The van der Waals surface area contributed by atoms with Crippen LogP contribution < -0.4 is 10.9 Å². The van der Waals surface area contributed by atoms with Gasteiger partial charge in [0, 0.05) is 23.5 Å². The van der Waals surface area contributed by atoms with E-state index in [0.717, 1.165) is 11.1 Å².